The van der Waals surface area contributed by atoms with Gasteiger partial charge in [-0.1, -0.05) is 41.0 Å². The molecule has 0 aromatic heterocycles. The molecule has 21 heavy (non-hydrogen) atoms. The van der Waals surface area contributed by atoms with Crippen molar-refractivity contribution in [1.82, 2.24) is 10.2 Å². The normalized spacial score (nSPS) is 28.0. The molecule has 0 radical (unpaired) electrons. The summed E-state index contributed by atoms with van der Waals surface area (Å²) in [5, 5.41) is 3.62. The van der Waals surface area contributed by atoms with Gasteiger partial charge in [-0.15, -0.1) is 0 Å². The fourth-order valence-electron chi connectivity index (χ4n) is 3.77. The molecular formula is C18H34N2O. The number of hydrogen-bond acceptors (Lipinski definition) is 2. The minimum atomic E-state index is 0.0474. The Balaban J connectivity index is 2.05. The van der Waals surface area contributed by atoms with E-state index in [0.717, 1.165) is 19.4 Å². The fraction of sp³-hybridized carbons (Fsp3) is 0.944. The largest absolute Gasteiger partial charge is 0.325 e. The van der Waals surface area contributed by atoms with Crippen LogP contribution >= 0.6 is 0 Å². The zero-order chi connectivity index (χ0) is 15.6. The lowest BCUT2D eigenvalue weighted by Crippen LogP contribution is -2.41. The first kappa shape index (κ1) is 16.8. The van der Waals surface area contributed by atoms with Gasteiger partial charge in [-0.2, -0.15) is 0 Å². The number of nitrogens with zero attached hydrogens (tertiary/aromatic N) is 1. The highest BCUT2D eigenvalue weighted by Gasteiger charge is 2.48. The Morgan fingerprint density at radius 3 is 2.29 bits per heavy atom. The highest BCUT2D eigenvalue weighted by Crippen LogP contribution is 2.50. The number of amides is 1. The first-order valence-electron chi connectivity index (χ1n) is 8.93. The van der Waals surface area contributed by atoms with Crippen LogP contribution in [0.2, 0.25) is 0 Å². The first-order chi connectivity index (χ1) is 9.87. The summed E-state index contributed by atoms with van der Waals surface area (Å²) in [6.45, 7) is 12.1. The molecule has 1 saturated heterocycles. The van der Waals surface area contributed by atoms with Gasteiger partial charge in [0.15, 0.2) is 0 Å². The van der Waals surface area contributed by atoms with Crippen LogP contribution in [0.4, 0.5) is 0 Å². The Bertz CT molecular complexity index is 360. The molecule has 0 spiro atoms. The molecule has 3 nitrogen and oxygen atoms in total. The lowest BCUT2D eigenvalue weighted by Gasteiger charge is -2.29. The molecule has 1 aliphatic carbocycles. The van der Waals surface area contributed by atoms with Gasteiger partial charge in [-0.05, 0) is 49.4 Å². The third kappa shape index (κ3) is 4.21. The van der Waals surface area contributed by atoms with E-state index in [1.165, 1.54) is 25.7 Å². The monoisotopic (exact) mass is 294 g/mol. The average molecular weight is 294 g/mol. The highest BCUT2D eigenvalue weighted by atomic mass is 16.2. The van der Waals surface area contributed by atoms with Gasteiger partial charge in [0.1, 0.15) is 0 Å². The third-order valence-electron chi connectivity index (χ3n) is 5.00. The second kappa shape index (κ2) is 6.68. The molecule has 1 aliphatic heterocycles. The Hall–Kier alpha value is -0.570. The van der Waals surface area contributed by atoms with Crippen molar-refractivity contribution >= 4 is 5.91 Å². The maximum absolute atomic E-state index is 12.8. The van der Waals surface area contributed by atoms with Gasteiger partial charge in [0.25, 0.3) is 0 Å². The summed E-state index contributed by atoms with van der Waals surface area (Å²) in [4.78, 5) is 15.0. The molecule has 3 heteroatoms. The second-order valence-electron chi connectivity index (χ2n) is 8.21. The summed E-state index contributed by atoms with van der Waals surface area (Å²) in [7, 11) is 0. The number of nitrogens with one attached hydrogen (secondary N) is 1. The fourth-order valence-corrected chi connectivity index (χ4v) is 3.77. The van der Waals surface area contributed by atoms with Gasteiger partial charge in [0.05, 0.1) is 12.2 Å². The molecule has 1 amide bonds. The maximum atomic E-state index is 12.8. The Kier molecular flexibility index (Phi) is 5.34. The van der Waals surface area contributed by atoms with E-state index in [-0.39, 0.29) is 12.2 Å². The van der Waals surface area contributed by atoms with E-state index in [9.17, 15) is 4.79 Å². The van der Waals surface area contributed by atoms with Crippen molar-refractivity contribution in [3.8, 4) is 0 Å². The van der Waals surface area contributed by atoms with Crippen LogP contribution in [0.15, 0.2) is 0 Å². The molecular weight excluding hydrogens is 260 g/mol. The maximum Gasteiger partial charge on any atom is 0.241 e. The zero-order valence-corrected chi connectivity index (χ0v) is 14.6. The van der Waals surface area contributed by atoms with E-state index in [2.05, 4.69) is 44.8 Å². The predicted octanol–water partition coefficient (Wildman–Crippen LogP) is 3.79. The number of carbonyl (C=O) groups excluding carboxylic acids is 1. The van der Waals surface area contributed by atoms with Crippen LogP contribution in [0.3, 0.4) is 0 Å². The van der Waals surface area contributed by atoms with Crippen LogP contribution in [0.5, 0.6) is 0 Å². The minimum absolute atomic E-state index is 0.0474. The molecule has 0 aromatic rings. The van der Waals surface area contributed by atoms with Crippen LogP contribution in [-0.4, -0.2) is 29.6 Å². The molecule has 1 saturated carbocycles. The molecule has 2 aliphatic rings. The van der Waals surface area contributed by atoms with Crippen molar-refractivity contribution in [2.75, 3.05) is 6.54 Å². The van der Waals surface area contributed by atoms with Gasteiger partial charge in [-0.3, -0.25) is 10.1 Å². The van der Waals surface area contributed by atoms with E-state index in [1.807, 2.05) is 0 Å². The van der Waals surface area contributed by atoms with Gasteiger partial charge >= 0.3 is 0 Å². The third-order valence-corrected chi connectivity index (χ3v) is 5.00. The smallest absolute Gasteiger partial charge is 0.241 e. The van der Waals surface area contributed by atoms with Crippen LogP contribution in [0.1, 0.15) is 73.1 Å². The number of rotatable bonds is 8. The van der Waals surface area contributed by atoms with E-state index in [0.29, 0.717) is 23.2 Å². The highest BCUT2D eigenvalue weighted by molar-refractivity contribution is 5.84. The molecule has 0 aromatic carbocycles. The zero-order valence-electron chi connectivity index (χ0n) is 14.6. The van der Waals surface area contributed by atoms with E-state index >= 15 is 0 Å². The first-order valence-corrected chi connectivity index (χ1v) is 8.93. The van der Waals surface area contributed by atoms with E-state index in [4.69, 9.17) is 0 Å². The van der Waals surface area contributed by atoms with Gasteiger partial charge < -0.3 is 4.90 Å². The van der Waals surface area contributed by atoms with Crippen LogP contribution in [0.25, 0.3) is 0 Å². The Morgan fingerprint density at radius 1 is 1.19 bits per heavy atom. The molecule has 122 valence electrons. The molecule has 2 unspecified atom stereocenters. The Morgan fingerprint density at radius 2 is 1.81 bits per heavy atom. The minimum Gasteiger partial charge on any atom is -0.325 e. The lowest BCUT2D eigenvalue weighted by atomic mass is 9.98. The van der Waals surface area contributed by atoms with Gasteiger partial charge in [0.2, 0.25) is 5.91 Å². The van der Waals surface area contributed by atoms with Crippen molar-refractivity contribution in [1.29, 1.82) is 0 Å². The Labute approximate surface area is 130 Å². The van der Waals surface area contributed by atoms with Crippen molar-refractivity contribution < 1.29 is 4.79 Å². The summed E-state index contributed by atoms with van der Waals surface area (Å²) in [6, 6.07) is 0.0474. The summed E-state index contributed by atoms with van der Waals surface area (Å²) in [5.74, 6) is 1.55. The van der Waals surface area contributed by atoms with Crippen molar-refractivity contribution in [3.63, 3.8) is 0 Å². The van der Waals surface area contributed by atoms with Crippen molar-refractivity contribution in [2.45, 2.75) is 85.4 Å². The van der Waals surface area contributed by atoms with Gasteiger partial charge in [0, 0.05) is 6.54 Å². The lowest BCUT2D eigenvalue weighted by molar-refractivity contribution is -0.131. The quantitative estimate of drug-likeness (QED) is 0.739. The van der Waals surface area contributed by atoms with Crippen LogP contribution < -0.4 is 5.32 Å². The van der Waals surface area contributed by atoms with Crippen LogP contribution in [0, 0.1) is 17.3 Å². The summed E-state index contributed by atoms with van der Waals surface area (Å²) in [6.07, 6.45) is 7.44. The topological polar surface area (TPSA) is 32.3 Å². The molecule has 1 N–H and O–H groups in total. The molecule has 2 rings (SSSR count). The summed E-state index contributed by atoms with van der Waals surface area (Å²) < 4.78 is 0. The van der Waals surface area contributed by atoms with Crippen molar-refractivity contribution in [2.24, 2.45) is 17.3 Å². The second-order valence-corrected chi connectivity index (χ2v) is 8.21. The van der Waals surface area contributed by atoms with Gasteiger partial charge in [-0.25, -0.2) is 0 Å². The van der Waals surface area contributed by atoms with E-state index in [1.54, 1.807) is 0 Å². The SMILES string of the molecule is CCCC1(CN2C(=O)C(CC(C)C)NC2CC(C)C)CC1. The number of carbonyl (C=O) groups is 1. The van der Waals surface area contributed by atoms with Crippen molar-refractivity contribution in [3.05, 3.63) is 0 Å². The molecule has 1 heterocycles. The molecule has 2 fully saturated rings. The van der Waals surface area contributed by atoms with E-state index < -0.39 is 0 Å². The standard InChI is InChI=1S/C18H34N2O/c1-6-7-18(8-9-18)12-20-16(11-14(4)5)19-15(17(20)21)10-13(2)3/h13-16,19H,6-12H2,1-5H3. The molecule has 0 bridgehead atoms. The predicted molar refractivity (Wildman–Crippen MR) is 87.9 cm³/mol. The summed E-state index contributed by atoms with van der Waals surface area (Å²) >= 11 is 0. The van der Waals surface area contributed by atoms with Crippen LogP contribution in [-0.2, 0) is 4.79 Å². The average Bonchev–Trinajstić information content (AvgIpc) is 3.07. The number of hydrogen-bond donors (Lipinski definition) is 1. The molecule has 2 atom stereocenters. The summed E-state index contributed by atoms with van der Waals surface area (Å²) in [5.41, 5.74) is 0.452.